The maximum Gasteiger partial charge on any atom is 0.220 e. The maximum absolute atomic E-state index is 11.4. The lowest BCUT2D eigenvalue weighted by molar-refractivity contribution is -0.119. The molecular weight excluding hydrogens is 342 g/mol. The summed E-state index contributed by atoms with van der Waals surface area (Å²) in [4.78, 5) is 20.2. The largest absolute Gasteiger partial charge is 0.492 e. The van der Waals surface area contributed by atoms with Crippen LogP contribution in [0.5, 0.6) is 11.6 Å². The van der Waals surface area contributed by atoms with E-state index in [1.54, 1.807) is 12.4 Å². The lowest BCUT2D eigenvalue weighted by atomic mass is 10.0. The van der Waals surface area contributed by atoms with Gasteiger partial charge in [0.2, 0.25) is 11.8 Å². The van der Waals surface area contributed by atoms with E-state index in [4.69, 9.17) is 9.47 Å². The number of ether oxygens (including phenoxy) is 2. The monoisotopic (exact) mass is 363 g/mol. The van der Waals surface area contributed by atoms with Crippen molar-refractivity contribution in [2.24, 2.45) is 5.92 Å². The van der Waals surface area contributed by atoms with Crippen molar-refractivity contribution >= 4 is 16.8 Å². The normalized spacial score (nSPS) is 16.3. The molecule has 1 amide bonds. The molecule has 3 heterocycles. The molecule has 2 aromatic heterocycles. The van der Waals surface area contributed by atoms with E-state index < -0.39 is 0 Å². The molecule has 0 aliphatic carbocycles. The van der Waals surface area contributed by atoms with Gasteiger partial charge in [0.25, 0.3) is 0 Å². The molecule has 1 fully saturated rings. The Labute approximate surface area is 157 Å². The number of amides is 1. The van der Waals surface area contributed by atoms with Crippen LogP contribution < -0.4 is 14.8 Å². The lowest BCUT2D eigenvalue weighted by Gasteiger charge is -2.14. The Bertz CT molecular complexity index is 957. The number of nitrogens with zero attached hydrogens (tertiary/aromatic N) is 2. The van der Waals surface area contributed by atoms with Crippen LogP contribution in [0.3, 0.4) is 0 Å². The van der Waals surface area contributed by atoms with Gasteiger partial charge in [0.1, 0.15) is 5.75 Å². The molecule has 6 heteroatoms. The molecule has 138 valence electrons. The van der Waals surface area contributed by atoms with Gasteiger partial charge < -0.3 is 14.8 Å². The van der Waals surface area contributed by atoms with E-state index in [1.165, 1.54) is 0 Å². The standard InChI is InChI=1S/C21H21N3O3/c1-2-26-21-6-5-15(12-24-21)16-9-18-17(4-3-7-22-18)19(10-16)27-13-14-8-20(25)23-11-14/h3-7,9-10,12,14H,2,8,11,13H2,1H3,(H,23,25)/t14-/m1/s1. The topological polar surface area (TPSA) is 73.3 Å². The smallest absolute Gasteiger partial charge is 0.220 e. The van der Waals surface area contributed by atoms with Crippen molar-refractivity contribution in [2.75, 3.05) is 19.8 Å². The number of aromatic nitrogens is 2. The Morgan fingerprint density at radius 3 is 2.81 bits per heavy atom. The van der Waals surface area contributed by atoms with Gasteiger partial charge in [0, 0.05) is 48.3 Å². The van der Waals surface area contributed by atoms with Crippen molar-refractivity contribution in [1.29, 1.82) is 0 Å². The molecule has 27 heavy (non-hydrogen) atoms. The fourth-order valence-electron chi connectivity index (χ4n) is 3.21. The Hall–Kier alpha value is -3.15. The second kappa shape index (κ2) is 7.61. The third-order valence-corrected chi connectivity index (χ3v) is 4.58. The number of hydrogen-bond acceptors (Lipinski definition) is 5. The summed E-state index contributed by atoms with van der Waals surface area (Å²) in [5, 5.41) is 3.80. The van der Waals surface area contributed by atoms with E-state index in [-0.39, 0.29) is 11.8 Å². The van der Waals surface area contributed by atoms with Gasteiger partial charge in [-0.15, -0.1) is 0 Å². The number of fused-ring (bicyclic) bond motifs is 1. The zero-order chi connectivity index (χ0) is 18.6. The molecule has 1 aromatic carbocycles. The van der Waals surface area contributed by atoms with Crippen LogP contribution in [-0.4, -0.2) is 35.6 Å². The molecule has 0 radical (unpaired) electrons. The van der Waals surface area contributed by atoms with Crippen LogP contribution >= 0.6 is 0 Å². The highest BCUT2D eigenvalue weighted by Crippen LogP contribution is 2.32. The van der Waals surface area contributed by atoms with E-state index in [0.717, 1.165) is 27.8 Å². The first-order valence-corrected chi connectivity index (χ1v) is 9.10. The molecule has 0 unspecified atom stereocenters. The molecule has 1 aliphatic rings. The number of hydrogen-bond donors (Lipinski definition) is 1. The first-order valence-electron chi connectivity index (χ1n) is 9.10. The molecular formula is C21H21N3O3. The molecule has 0 bridgehead atoms. The SMILES string of the molecule is CCOc1ccc(-c2cc(OC[C@H]3CNC(=O)C3)c3cccnc3c2)cn1. The number of benzene rings is 1. The van der Waals surface area contributed by atoms with Gasteiger partial charge in [-0.25, -0.2) is 4.98 Å². The van der Waals surface area contributed by atoms with Gasteiger partial charge in [-0.2, -0.15) is 0 Å². The van der Waals surface area contributed by atoms with E-state index in [9.17, 15) is 4.79 Å². The highest BCUT2D eigenvalue weighted by molar-refractivity contribution is 5.90. The van der Waals surface area contributed by atoms with E-state index in [2.05, 4.69) is 15.3 Å². The Morgan fingerprint density at radius 1 is 1.15 bits per heavy atom. The minimum atomic E-state index is 0.0873. The highest BCUT2D eigenvalue weighted by Gasteiger charge is 2.22. The molecule has 0 spiro atoms. The number of nitrogens with one attached hydrogen (secondary N) is 1. The van der Waals surface area contributed by atoms with Gasteiger partial charge in [-0.05, 0) is 42.8 Å². The van der Waals surface area contributed by atoms with Crippen LogP contribution in [0, 0.1) is 5.92 Å². The van der Waals surface area contributed by atoms with Crippen LogP contribution in [0.15, 0.2) is 48.8 Å². The average Bonchev–Trinajstić information content (AvgIpc) is 3.12. The van der Waals surface area contributed by atoms with Gasteiger partial charge in [0.15, 0.2) is 0 Å². The third-order valence-electron chi connectivity index (χ3n) is 4.58. The highest BCUT2D eigenvalue weighted by atomic mass is 16.5. The van der Waals surface area contributed by atoms with E-state index in [0.29, 0.717) is 32.1 Å². The lowest BCUT2D eigenvalue weighted by Crippen LogP contribution is -2.16. The van der Waals surface area contributed by atoms with Crippen molar-refractivity contribution in [3.63, 3.8) is 0 Å². The number of carbonyl (C=O) groups excluding carboxylic acids is 1. The number of pyridine rings is 2. The summed E-state index contributed by atoms with van der Waals surface area (Å²) in [6, 6.07) is 11.8. The second-order valence-corrected chi connectivity index (χ2v) is 6.55. The van der Waals surface area contributed by atoms with Crippen LogP contribution in [0.25, 0.3) is 22.0 Å². The maximum atomic E-state index is 11.4. The van der Waals surface area contributed by atoms with Crippen LogP contribution in [0.1, 0.15) is 13.3 Å². The van der Waals surface area contributed by atoms with Gasteiger partial charge in [-0.1, -0.05) is 0 Å². The first-order chi connectivity index (χ1) is 13.2. The van der Waals surface area contributed by atoms with E-state index in [1.807, 2.05) is 43.3 Å². The van der Waals surface area contributed by atoms with Gasteiger partial charge in [-0.3, -0.25) is 9.78 Å². The number of carbonyl (C=O) groups is 1. The zero-order valence-corrected chi connectivity index (χ0v) is 15.1. The van der Waals surface area contributed by atoms with Gasteiger partial charge in [0.05, 0.1) is 18.7 Å². The molecule has 3 aromatic rings. The Morgan fingerprint density at radius 2 is 2.07 bits per heavy atom. The number of rotatable bonds is 6. The van der Waals surface area contributed by atoms with Crippen molar-refractivity contribution < 1.29 is 14.3 Å². The van der Waals surface area contributed by atoms with Crippen LogP contribution in [0.4, 0.5) is 0 Å². The van der Waals surface area contributed by atoms with E-state index >= 15 is 0 Å². The van der Waals surface area contributed by atoms with Crippen molar-refractivity contribution in [3.8, 4) is 22.8 Å². The molecule has 0 saturated carbocycles. The second-order valence-electron chi connectivity index (χ2n) is 6.55. The predicted octanol–water partition coefficient (Wildman–Crippen LogP) is 3.21. The Kier molecular flexibility index (Phi) is 4.87. The summed E-state index contributed by atoms with van der Waals surface area (Å²) in [6.07, 6.45) is 4.07. The molecule has 6 nitrogen and oxygen atoms in total. The molecule has 1 saturated heterocycles. The molecule has 1 aliphatic heterocycles. The van der Waals surface area contributed by atoms with Crippen molar-refractivity contribution in [1.82, 2.24) is 15.3 Å². The summed E-state index contributed by atoms with van der Waals surface area (Å²) >= 11 is 0. The first kappa shape index (κ1) is 17.3. The fourth-order valence-corrected chi connectivity index (χ4v) is 3.21. The van der Waals surface area contributed by atoms with Crippen molar-refractivity contribution in [3.05, 3.63) is 48.8 Å². The minimum absolute atomic E-state index is 0.0873. The predicted molar refractivity (Wildman–Crippen MR) is 103 cm³/mol. The third kappa shape index (κ3) is 3.84. The quantitative estimate of drug-likeness (QED) is 0.728. The summed E-state index contributed by atoms with van der Waals surface area (Å²) in [7, 11) is 0. The van der Waals surface area contributed by atoms with Gasteiger partial charge >= 0.3 is 0 Å². The zero-order valence-electron chi connectivity index (χ0n) is 15.1. The fraction of sp³-hybridized carbons (Fsp3) is 0.286. The van der Waals surface area contributed by atoms with Crippen LogP contribution in [0.2, 0.25) is 0 Å². The summed E-state index contributed by atoms with van der Waals surface area (Å²) < 4.78 is 11.5. The molecule has 1 N–H and O–H groups in total. The summed E-state index contributed by atoms with van der Waals surface area (Å²) in [5.41, 5.74) is 2.81. The molecule has 1 atom stereocenters. The molecule has 4 rings (SSSR count). The van der Waals surface area contributed by atoms with Crippen LogP contribution in [-0.2, 0) is 4.79 Å². The summed E-state index contributed by atoms with van der Waals surface area (Å²) in [6.45, 7) is 3.68. The summed E-state index contributed by atoms with van der Waals surface area (Å²) in [5.74, 6) is 1.66. The Balaban J connectivity index is 1.64. The minimum Gasteiger partial charge on any atom is -0.492 e. The van der Waals surface area contributed by atoms with Crippen molar-refractivity contribution in [2.45, 2.75) is 13.3 Å². The average molecular weight is 363 g/mol.